The molecule has 0 atom stereocenters. The fraction of sp³-hybridized carbons (Fsp3) is 0.556. The number of halogens is 1. The number of hydrogen-bond donors (Lipinski definition) is 0. The van der Waals surface area contributed by atoms with Gasteiger partial charge >= 0.3 is 0 Å². The van der Waals surface area contributed by atoms with E-state index >= 15 is 0 Å². The first-order valence-electron chi connectivity index (χ1n) is 11.9. The topological polar surface area (TPSA) is 12.5 Å². The smallest absolute Gasteiger partial charge is 0.127 e. The highest BCUT2D eigenvalue weighted by Crippen LogP contribution is 2.38. The average Bonchev–Trinajstić information content (AvgIpc) is 2.76. The maximum absolute atomic E-state index is 6.49. The van der Waals surface area contributed by atoms with Gasteiger partial charge in [-0.15, -0.1) is 0 Å². The van der Waals surface area contributed by atoms with Crippen molar-refractivity contribution >= 4 is 11.6 Å². The molecule has 0 bridgehead atoms. The lowest BCUT2D eigenvalue weighted by atomic mass is 9.97. The van der Waals surface area contributed by atoms with Gasteiger partial charge in [0.15, 0.2) is 0 Å². The second-order valence-electron chi connectivity index (χ2n) is 8.08. The van der Waals surface area contributed by atoms with Gasteiger partial charge in [-0.2, -0.15) is 0 Å². The van der Waals surface area contributed by atoms with Crippen molar-refractivity contribution in [2.24, 2.45) is 0 Å². The second-order valence-corrected chi connectivity index (χ2v) is 8.49. The van der Waals surface area contributed by atoms with Crippen molar-refractivity contribution in [1.29, 1.82) is 0 Å². The van der Waals surface area contributed by atoms with Gasteiger partial charge in [-0.3, -0.25) is 0 Å². The fourth-order valence-corrected chi connectivity index (χ4v) is 4.31. The molecule has 0 saturated heterocycles. The summed E-state index contributed by atoms with van der Waals surface area (Å²) in [4.78, 5) is 2.61. The van der Waals surface area contributed by atoms with Gasteiger partial charge in [-0.25, -0.2) is 0 Å². The highest BCUT2D eigenvalue weighted by atomic mass is 35.5. The largest absolute Gasteiger partial charge is 0.493 e. The predicted octanol–water partition coefficient (Wildman–Crippen LogP) is 8.02. The van der Waals surface area contributed by atoms with E-state index in [0.29, 0.717) is 0 Å². The molecule has 0 heterocycles. The van der Waals surface area contributed by atoms with Crippen LogP contribution in [0.5, 0.6) is 5.75 Å². The van der Waals surface area contributed by atoms with Crippen LogP contribution in [0.25, 0.3) is 11.1 Å². The van der Waals surface area contributed by atoms with Gasteiger partial charge in [0, 0.05) is 16.1 Å². The molecule has 2 rings (SSSR count). The first-order valence-corrected chi connectivity index (χ1v) is 12.3. The van der Waals surface area contributed by atoms with Crippen LogP contribution in [0.4, 0.5) is 0 Å². The summed E-state index contributed by atoms with van der Waals surface area (Å²) in [7, 11) is 0. The Hall–Kier alpha value is -1.51. The highest BCUT2D eigenvalue weighted by Gasteiger charge is 2.13. The molecular formula is C27H40ClNO. The van der Waals surface area contributed by atoms with E-state index in [1.165, 1.54) is 63.7 Å². The minimum Gasteiger partial charge on any atom is -0.493 e. The predicted molar refractivity (Wildman–Crippen MR) is 132 cm³/mol. The van der Waals surface area contributed by atoms with Crippen LogP contribution < -0.4 is 4.74 Å². The first kappa shape index (κ1) is 24.8. The minimum atomic E-state index is 0.766. The summed E-state index contributed by atoms with van der Waals surface area (Å²) >= 11 is 6.49. The number of nitrogens with zero attached hydrogens (tertiary/aromatic N) is 1. The molecule has 0 unspecified atom stereocenters. The molecule has 2 nitrogen and oxygen atoms in total. The Balaban J connectivity index is 1.79. The number of benzene rings is 2. The fourth-order valence-electron chi connectivity index (χ4n) is 4.08. The van der Waals surface area contributed by atoms with Crippen molar-refractivity contribution in [1.82, 2.24) is 4.90 Å². The quantitative estimate of drug-likeness (QED) is 0.266. The Morgan fingerprint density at radius 2 is 1.47 bits per heavy atom. The van der Waals surface area contributed by atoms with Crippen LogP contribution in [-0.4, -0.2) is 31.1 Å². The summed E-state index contributed by atoms with van der Waals surface area (Å²) in [5, 5.41) is 0.781. The van der Waals surface area contributed by atoms with Crippen LogP contribution in [0.15, 0.2) is 42.5 Å². The number of rotatable bonds is 15. The van der Waals surface area contributed by atoms with Crippen molar-refractivity contribution in [2.75, 3.05) is 26.2 Å². The zero-order chi connectivity index (χ0) is 21.6. The second kappa shape index (κ2) is 14.5. The Morgan fingerprint density at radius 1 is 0.767 bits per heavy atom. The highest BCUT2D eigenvalue weighted by molar-refractivity contribution is 6.33. The number of hydrogen-bond acceptors (Lipinski definition) is 2. The summed E-state index contributed by atoms with van der Waals surface area (Å²) in [5.41, 5.74) is 3.50. The molecule has 30 heavy (non-hydrogen) atoms. The van der Waals surface area contributed by atoms with Gasteiger partial charge < -0.3 is 9.64 Å². The molecule has 0 aliphatic heterocycles. The molecule has 2 aromatic rings. The van der Waals surface area contributed by atoms with E-state index in [1.54, 1.807) is 0 Å². The zero-order valence-electron chi connectivity index (χ0n) is 19.3. The molecule has 0 aromatic heterocycles. The van der Waals surface area contributed by atoms with E-state index in [-0.39, 0.29) is 0 Å². The van der Waals surface area contributed by atoms with E-state index in [1.807, 2.05) is 18.2 Å². The lowest BCUT2D eigenvalue weighted by Crippen LogP contribution is -2.26. The Labute approximate surface area is 189 Å². The molecule has 0 fully saturated rings. The monoisotopic (exact) mass is 429 g/mol. The van der Waals surface area contributed by atoms with Gasteiger partial charge in [0.2, 0.25) is 0 Å². The normalized spacial score (nSPS) is 11.2. The summed E-state index contributed by atoms with van der Waals surface area (Å²) in [6, 6.07) is 14.4. The zero-order valence-corrected chi connectivity index (χ0v) is 20.0. The minimum absolute atomic E-state index is 0.766. The van der Waals surface area contributed by atoms with Gasteiger partial charge in [-0.05, 0) is 69.4 Å². The lowest BCUT2D eigenvalue weighted by molar-refractivity contribution is 0.266. The molecule has 0 saturated carbocycles. The Bertz CT molecular complexity index is 725. The third-order valence-electron chi connectivity index (χ3n) is 5.59. The van der Waals surface area contributed by atoms with E-state index < -0.39 is 0 Å². The molecule has 0 amide bonds. The third-order valence-corrected chi connectivity index (χ3v) is 5.92. The average molecular weight is 430 g/mol. The van der Waals surface area contributed by atoms with Crippen molar-refractivity contribution < 1.29 is 4.74 Å². The molecule has 0 spiro atoms. The number of aryl methyl sites for hydroxylation is 1. The van der Waals surface area contributed by atoms with Crippen LogP contribution in [0.3, 0.4) is 0 Å². The SMILES string of the molecule is CCCN(CCC)CCCCCCCOc1cccc(CC)c1-c1ccccc1Cl. The first-order chi connectivity index (χ1) is 14.7. The van der Waals surface area contributed by atoms with Crippen LogP contribution in [0, 0.1) is 0 Å². The molecule has 0 aliphatic rings. The summed E-state index contributed by atoms with van der Waals surface area (Å²) in [6.45, 7) is 11.2. The van der Waals surface area contributed by atoms with E-state index in [2.05, 4.69) is 49.9 Å². The van der Waals surface area contributed by atoms with Crippen molar-refractivity contribution in [2.45, 2.75) is 72.1 Å². The van der Waals surface area contributed by atoms with E-state index in [4.69, 9.17) is 16.3 Å². The molecule has 3 heteroatoms. The van der Waals surface area contributed by atoms with Crippen molar-refractivity contribution in [3.8, 4) is 16.9 Å². The van der Waals surface area contributed by atoms with Crippen molar-refractivity contribution in [3.63, 3.8) is 0 Å². The number of ether oxygens (including phenoxy) is 1. The van der Waals surface area contributed by atoms with Gasteiger partial charge in [0.25, 0.3) is 0 Å². The van der Waals surface area contributed by atoms with Gasteiger partial charge in [0.1, 0.15) is 5.75 Å². The molecule has 0 radical (unpaired) electrons. The molecular weight excluding hydrogens is 390 g/mol. The molecule has 166 valence electrons. The standard InChI is InChI=1S/C27H40ClNO/c1-4-19-29(20-5-2)21-12-8-7-9-13-22-30-26-18-14-15-23(6-3)27(26)24-16-10-11-17-25(24)28/h10-11,14-18H,4-9,12-13,19-22H2,1-3H3. The molecule has 0 N–H and O–H groups in total. The summed E-state index contributed by atoms with van der Waals surface area (Å²) in [5.74, 6) is 0.956. The number of unbranched alkanes of at least 4 members (excludes halogenated alkanes) is 4. The Kier molecular flexibility index (Phi) is 12.0. The molecule has 0 aliphatic carbocycles. The van der Waals surface area contributed by atoms with Crippen LogP contribution >= 0.6 is 11.6 Å². The van der Waals surface area contributed by atoms with Gasteiger partial charge in [-0.1, -0.05) is 82.0 Å². The van der Waals surface area contributed by atoms with E-state index in [9.17, 15) is 0 Å². The van der Waals surface area contributed by atoms with Crippen LogP contribution in [0.1, 0.15) is 71.3 Å². The molecule has 2 aromatic carbocycles. The van der Waals surface area contributed by atoms with Crippen LogP contribution in [-0.2, 0) is 6.42 Å². The maximum Gasteiger partial charge on any atom is 0.127 e. The Morgan fingerprint density at radius 3 is 2.17 bits per heavy atom. The van der Waals surface area contributed by atoms with E-state index in [0.717, 1.165) is 41.3 Å². The maximum atomic E-state index is 6.49. The summed E-state index contributed by atoms with van der Waals surface area (Å²) < 4.78 is 6.23. The van der Waals surface area contributed by atoms with Crippen LogP contribution in [0.2, 0.25) is 5.02 Å². The van der Waals surface area contributed by atoms with Crippen molar-refractivity contribution in [3.05, 3.63) is 53.1 Å². The third kappa shape index (κ3) is 7.96. The summed E-state index contributed by atoms with van der Waals surface area (Å²) in [6.07, 6.45) is 9.74. The lowest BCUT2D eigenvalue weighted by Gasteiger charge is -2.20. The van der Waals surface area contributed by atoms with Gasteiger partial charge in [0.05, 0.1) is 6.61 Å².